The van der Waals surface area contributed by atoms with Gasteiger partial charge in [0.05, 0.1) is 25.2 Å². The molecule has 2 heterocycles. The number of rotatable bonds is 8. The monoisotopic (exact) mass is 526 g/mol. The number of benzene rings is 1. The average Bonchev–Trinajstić information content (AvgIpc) is 3.12. The maximum atomic E-state index is 13.4. The van der Waals surface area contributed by atoms with Crippen molar-refractivity contribution in [3.05, 3.63) is 47.5 Å². The Hall–Kier alpha value is -2.91. The summed E-state index contributed by atoms with van der Waals surface area (Å²) in [6.07, 6.45) is 2.69. The Bertz CT molecular complexity index is 1010. The zero-order chi connectivity index (χ0) is 27.7. The predicted octanol–water partition coefficient (Wildman–Crippen LogP) is 1.67. The van der Waals surface area contributed by atoms with E-state index in [1.807, 2.05) is 51.1 Å². The van der Waals surface area contributed by atoms with Crippen molar-refractivity contribution in [2.45, 2.75) is 70.1 Å². The van der Waals surface area contributed by atoms with E-state index in [4.69, 9.17) is 9.47 Å². The zero-order valence-corrected chi connectivity index (χ0v) is 22.5. The van der Waals surface area contributed by atoms with Crippen molar-refractivity contribution >= 4 is 19.1 Å². The second kappa shape index (κ2) is 13.8. The average molecular weight is 526 g/mol. The van der Waals surface area contributed by atoms with E-state index in [1.54, 1.807) is 11.0 Å². The van der Waals surface area contributed by atoms with Crippen LogP contribution >= 0.6 is 0 Å². The first-order valence-electron chi connectivity index (χ1n) is 13.2. The number of ether oxygens (including phenoxy) is 2. The smallest absolute Gasteiger partial charge is 0.444 e. The number of hydrogen-bond donors (Lipinski definition) is 3. The molecule has 1 aromatic rings. The number of morpholine rings is 1. The summed E-state index contributed by atoms with van der Waals surface area (Å²) in [5.74, 6) is -1.34. The van der Waals surface area contributed by atoms with Gasteiger partial charge in [0.15, 0.2) is 0 Å². The number of amides is 2. The van der Waals surface area contributed by atoms with Crippen molar-refractivity contribution in [2.75, 3.05) is 32.8 Å². The molecule has 2 amide bonds. The predicted molar refractivity (Wildman–Crippen MR) is 143 cm³/mol. The molecule has 0 spiro atoms. The van der Waals surface area contributed by atoms with E-state index in [9.17, 15) is 24.9 Å². The maximum Gasteiger partial charge on any atom is 0.475 e. The number of hydrogen-bond acceptors (Lipinski definition) is 8. The van der Waals surface area contributed by atoms with Gasteiger partial charge in [0.25, 0.3) is 5.91 Å². The highest BCUT2D eigenvalue weighted by Crippen LogP contribution is 2.23. The Balaban J connectivity index is 1.63. The first-order chi connectivity index (χ1) is 18.1. The van der Waals surface area contributed by atoms with Gasteiger partial charge >= 0.3 is 13.2 Å². The highest BCUT2D eigenvalue weighted by molar-refractivity contribution is 6.43. The fourth-order valence-electron chi connectivity index (χ4n) is 4.92. The Morgan fingerprint density at radius 2 is 2.00 bits per heavy atom. The largest absolute Gasteiger partial charge is 0.475 e. The molecule has 2 aliphatic rings. The summed E-state index contributed by atoms with van der Waals surface area (Å²) in [7, 11) is -1.77. The molecule has 0 aromatic heterocycles. The molecule has 3 N–H and O–H groups in total. The Labute approximate surface area is 225 Å². The third kappa shape index (κ3) is 8.56. The number of nitrogens with zero attached hydrogens (tertiary/aromatic N) is 3. The molecule has 2 saturated heterocycles. The molecule has 1 aromatic carbocycles. The molecule has 0 unspecified atom stereocenters. The molecule has 0 radical (unpaired) electrons. The van der Waals surface area contributed by atoms with Crippen molar-refractivity contribution in [3.63, 3.8) is 0 Å². The number of nitrogens with one attached hydrogen (secondary N) is 1. The maximum absolute atomic E-state index is 13.4. The lowest BCUT2D eigenvalue weighted by Crippen LogP contribution is -2.51. The fourth-order valence-corrected chi connectivity index (χ4v) is 4.92. The molecule has 2 fully saturated rings. The molecule has 3 atom stereocenters. The van der Waals surface area contributed by atoms with Crippen molar-refractivity contribution < 1.29 is 29.1 Å². The molecular formula is C27H39BN4O6. The van der Waals surface area contributed by atoms with Crippen LogP contribution in [-0.4, -0.2) is 95.4 Å². The second-order valence-corrected chi connectivity index (χ2v) is 10.6. The van der Waals surface area contributed by atoms with E-state index in [-0.39, 0.29) is 30.5 Å². The van der Waals surface area contributed by atoms with Gasteiger partial charge in [-0.15, -0.1) is 0 Å². The summed E-state index contributed by atoms with van der Waals surface area (Å²) in [5, 5.41) is 31.9. The van der Waals surface area contributed by atoms with Crippen LogP contribution in [0.3, 0.4) is 0 Å². The van der Waals surface area contributed by atoms with E-state index in [0.717, 1.165) is 18.4 Å². The second-order valence-electron chi connectivity index (χ2n) is 10.6. The molecular weight excluding hydrogens is 487 g/mol. The summed E-state index contributed by atoms with van der Waals surface area (Å²) in [4.78, 5) is 29.8. The molecule has 2 aliphatic heterocycles. The number of carbonyl (C=O) groups is 2. The van der Waals surface area contributed by atoms with Gasteiger partial charge in [0.2, 0.25) is 0 Å². The first-order valence-corrected chi connectivity index (χ1v) is 13.2. The highest BCUT2D eigenvalue weighted by atomic mass is 16.6. The number of nitriles is 1. The van der Waals surface area contributed by atoms with Gasteiger partial charge in [-0.2, -0.15) is 5.26 Å². The third-order valence-electron chi connectivity index (χ3n) is 7.06. The molecule has 38 heavy (non-hydrogen) atoms. The normalized spacial score (nSPS) is 22.1. The Kier molecular flexibility index (Phi) is 10.7. The minimum Gasteiger partial charge on any atom is -0.444 e. The van der Waals surface area contributed by atoms with Gasteiger partial charge in [-0.05, 0) is 58.1 Å². The van der Waals surface area contributed by atoms with Crippen molar-refractivity contribution in [2.24, 2.45) is 0 Å². The summed E-state index contributed by atoms with van der Waals surface area (Å²) >= 11 is 0. The molecule has 11 heteroatoms. The number of likely N-dealkylation sites (tertiary alicyclic amines) is 1. The third-order valence-corrected chi connectivity index (χ3v) is 7.06. The van der Waals surface area contributed by atoms with E-state index in [1.165, 1.54) is 0 Å². The molecule has 0 bridgehead atoms. The van der Waals surface area contributed by atoms with Gasteiger partial charge in [-0.1, -0.05) is 30.3 Å². The number of alkyl carbamates (subject to hydrolysis) is 1. The SMILES string of the molecule is C[C@@H]1CN(C(C)(C)/C=C(\C#N)C(=O)N2CCCC[C@@H](OC(=O)N[C@@H](Cc3ccccc3)B(O)O)C2)CCO1. The van der Waals surface area contributed by atoms with Crippen molar-refractivity contribution in [3.8, 4) is 6.07 Å². The fraction of sp³-hybridized carbons (Fsp3) is 0.593. The Morgan fingerprint density at radius 3 is 2.66 bits per heavy atom. The van der Waals surface area contributed by atoms with Crippen LogP contribution in [0.25, 0.3) is 0 Å². The molecule has 206 valence electrons. The Morgan fingerprint density at radius 1 is 1.26 bits per heavy atom. The van der Waals surface area contributed by atoms with Crippen LogP contribution in [0, 0.1) is 11.3 Å². The van der Waals surface area contributed by atoms with Gasteiger partial charge in [-0.3, -0.25) is 9.69 Å². The minimum atomic E-state index is -1.77. The van der Waals surface area contributed by atoms with Crippen LogP contribution in [0.15, 0.2) is 42.0 Å². The van der Waals surface area contributed by atoms with Crippen molar-refractivity contribution in [1.82, 2.24) is 15.1 Å². The summed E-state index contributed by atoms with van der Waals surface area (Å²) in [6, 6.07) is 11.3. The van der Waals surface area contributed by atoms with Crippen LogP contribution in [0.1, 0.15) is 45.6 Å². The quantitative estimate of drug-likeness (QED) is 0.265. The highest BCUT2D eigenvalue weighted by Gasteiger charge is 2.33. The molecule has 0 saturated carbocycles. The summed E-state index contributed by atoms with van der Waals surface area (Å²) in [6.45, 7) is 8.60. The molecule has 10 nitrogen and oxygen atoms in total. The first kappa shape index (κ1) is 29.6. The molecule has 3 rings (SSSR count). The molecule has 0 aliphatic carbocycles. The van der Waals surface area contributed by atoms with E-state index >= 15 is 0 Å². The van der Waals surface area contributed by atoms with E-state index in [2.05, 4.69) is 16.3 Å². The topological polar surface area (TPSA) is 135 Å². The summed E-state index contributed by atoms with van der Waals surface area (Å²) in [5.41, 5.74) is 0.382. The lowest BCUT2D eigenvalue weighted by atomic mass is 9.76. The van der Waals surface area contributed by atoms with Crippen LogP contribution in [0.2, 0.25) is 0 Å². The standard InChI is InChI=1S/C27H39BN4O6/c1-20-18-32(13-14-37-20)27(2,3)16-22(17-29)25(33)31-12-8-7-11-23(19-31)38-26(34)30-24(28(35)36)15-21-9-5-4-6-10-21/h4-6,9-10,16,20,23-24,35-36H,7-8,11-15,18-19H2,1-3H3,(H,30,34)/b22-16+/t20-,23-,24+/m1/s1. The number of carbonyl (C=O) groups excluding carboxylic acids is 2. The van der Waals surface area contributed by atoms with Crippen LogP contribution < -0.4 is 5.32 Å². The lowest BCUT2D eigenvalue weighted by molar-refractivity contribution is -0.127. The lowest BCUT2D eigenvalue weighted by Gasteiger charge is -2.41. The van der Waals surface area contributed by atoms with Gasteiger partial charge in [-0.25, -0.2) is 4.79 Å². The minimum absolute atomic E-state index is 0.0607. The van der Waals surface area contributed by atoms with Crippen molar-refractivity contribution in [1.29, 1.82) is 5.26 Å². The van der Waals surface area contributed by atoms with Crippen LogP contribution in [0.4, 0.5) is 4.79 Å². The van der Waals surface area contributed by atoms with Crippen LogP contribution in [0.5, 0.6) is 0 Å². The van der Waals surface area contributed by atoms with Gasteiger partial charge in [0, 0.05) is 25.2 Å². The summed E-state index contributed by atoms with van der Waals surface area (Å²) < 4.78 is 11.2. The van der Waals surface area contributed by atoms with E-state index < -0.39 is 30.8 Å². The van der Waals surface area contributed by atoms with Gasteiger partial charge < -0.3 is 29.7 Å². The van der Waals surface area contributed by atoms with Gasteiger partial charge in [0.1, 0.15) is 17.7 Å². The zero-order valence-electron chi connectivity index (χ0n) is 22.5. The van der Waals surface area contributed by atoms with Crippen LogP contribution in [-0.2, 0) is 20.7 Å². The van der Waals surface area contributed by atoms with E-state index in [0.29, 0.717) is 32.7 Å².